The molecule has 23 heavy (non-hydrogen) atoms. The molecule has 1 N–H and O–H groups in total. The van der Waals surface area contributed by atoms with Gasteiger partial charge in [-0.1, -0.05) is 54.3 Å². The Morgan fingerprint density at radius 1 is 1.00 bits per heavy atom. The molecule has 2 aromatic carbocycles. The van der Waals surface area contributed by atoms with Crippen molar-refractivity contribution in [2.45, 2.75) is 30.8 Å². The number of benzene rings is 2. The van der Waals surface area contributed by atoms with Crippen molar-refractivity contribution < 1.29 is 9.84 Å². The topological polar surface area (TPSA) is 29.5 Å². The monoisotopic (exact) mass is 304 g/mol. The molecule has 116 valence electrons. The van der Waals surface area contributed by atoms with Crippen molar-refractivity contribution >= 4 is 0 Å². The van der Waals surface area contributed by atoms with Crippen LogP contribution >= 0.6 is 0 Å². The van der Waals surface area contributed by atoms with E-state index in [0.29, 0.717) is 5.41 Å². The van der Waals surface area contributed by atoms with Crippen LogP contribution in [0, 0.1) is 17.3 Å². The molecule has 3 aliphatic carbocycles. The van der Waals surface area contributed by atoms with Crippen LogP contribution in [0.25, 0.3) is 0 Å². The van der Waals surface area contributed by atoms with Gasteiger partial charge in [-0.3, -0.25) is 0 Å². The Hall–Kier alpha value is -2.24. The second-order valence-electron chi connectivity index (χ2n) is 6.91. The maximum atomic E-state index is 10.5. The van der Waals surface area contributed by atoms with Crippen LogP contribution in [-0.2, 0) is 5.41 Å². The van der Waals surface area contributed by atoms with E-state index in [9.17, 15) is 5.11 Å². The number of aliphatic hydroxyl groups excluding tert-OH is 1. The molecule has 2 heteroatoms. The van der Waals surface area contributed by atoms with Crippen molar-refractivity contribution in [2.75, 3.05) is 7.11 Å². The molecule has 0 aromatic heterocycles. The smallest absolute Gasteiger partial charge is 0.134 e. The average Bonchev–Trinajstić information content (AvgIpc) is 2.51. The van der Waals surface area contributed by atoms with Gasteiger partial charge < -0.3 is 9.84 Å². The van der Waals surface area contributed by atoms with Crippen LogP contribution in [0.1, 0.15) is 30.4 Å². The predicted octanol–water partition coefficient (Wildman–Crippen LogP) is 3.53. The van der Waals surface area contributed by atoms with Crippen molar-refractivity contribution in [3.63, 3.8) is 0 Å². The quantitative estimate of drug-likeness (QED) is 0.879. The summed E-state index contributed by atoms with van der Waals surface area (Å²) in [5, 5.41) is 10.5. The fraction of sp³-hybridized carbons (Fsp3) is 0.333. The standard InChI is InChI=1S/C21H20O2/c1-23-18-10-6-5-7-16(18)11-12-19(22)21-13-20(14-21,15-21)17-8-3-2-4-9-17/h2-10,19,22H,13-15H2,1H3/t19-,20?,21?/m0/s1. The molecule has 0 radical (unpaired) electrons. The molecule has 5 rings (SSSR count). The summed E-state index contributed by atoms with van der Waals surface area (Å²) >= 11 is 0. The third-order valence-corrected chi connectivity index (χ3v) is 5.49. The molecule has 2 nitrogen and oxygen atoms in total. The van der Waals surface area contributed by atoms with Crippen LogP contribution in [0.3, 0.4) is 0 Å². The molecule has 0 aliphatic heterocycles. The Morgan fingerprint density at radius 3 is 2.35 bits per heavy atom. The number of hydrogen-bond donors (Lipinski definition) is 1. The second kappa shape index (κ2) is 5.15. The Morgan fingerprint density at radius 2 is 1.65 bits per heavy atom. The summed E-state index contributed by atoms with van der Waals surface area (Å²) in [6.07, 6.45) is 2.58. The summed E-state index contributed by atoms with van der Waals surface area (Å²) in [7, 11) is 1.64. The summed E-state index contributed by atoms with van der Waals surface area (Å²) in [5.41, 5.74) is 2.55. The Labute approximate surface area is 137 Å². The predicted molar refractivity (Wildman–Crippen MR) is 90.3 cm³/mol. The minimum absolute atomic E-state index is 0.00482. The largest absolute Gasteiger partial charge is 0.495 e. The first-order chi connectivity index (χ1) is 11.2. The lowest BCUT2D eigenvalue weighted by molar-refractivity contribution is -0.190. The van der Waals surface area contributed by atoms with Crippen molar-refractivity contribution in [1.29, 1.82) is 0 Å². The summed E-state index contributed by atoms with van der Waals surface area (Å²) in [5.74, 6) is 6.89. The maximum absolute atomic E-state index is 10.5. The van der Waals surface area contributed by atoms with Gasteiger partial charge in [-0.2, -0.15) is 0 Å². The third-order valence-electron chi connectivity index (χ3n) is 5.49. The number of ether oxygens (including phenoxy) is 1. The van der Waals surface area contributed by atoms with Crippen LogP contribution in [0.5, 0.6) is 5.75 Å². The second-order valence-corrected chi connectivity index (χ2v) is 6.91. The van der Waals surface area contributed by atoms with Crippen LogP contribution in [0.2, 0.25) is 0 Å². The SMILES string of the molecule is COc1ccccc1C#C[C@H](O)C12CC(c3ccccc3)(C1)C2. The van der Waals surface area contributed by atoms with Crippen molar-refractivity contribution in [2.24, 2.45) is 5.41 Å². The van der Waals surface area contributed by atoms with E-state index >= 15 is 0 Å². The molecule has 0 heterocycles. The van der Waals surface area contributed by atoms with E-state index < -0.39 is 6.10 Å². The fourth-order valence-corrected chi connectivity index (χ4v) is 4.30. The summed E-state index contributed by atoms with van der Waals surface area (Å²) < 4.78 is 5.30. The number of hydrogen-bond acceptors (Lipinski definition) is 2. The Kier molecular flexibility index (Phi) is 3.21. The molecule has 3 saturated carbocycles. The van der Waals surface area contributed by atoms with Crippen LogP contribution in [-0.4, -0.2) is 18.3 Å². The van der Waals surface area contributed by atoms with Gasteiger partial charge in [-0.15, -0.1) is 0 Å². The zero-order valence-electron chi connectivity index (χ0n) is 13.3. The average molecular weight is 304 g/mol. The fourth-order valence-electron chi connectivity index (χ4n) is 4.30. The molecular weight excluding hydrogens is 284 g/mol. The molecule has 0 saturated heterocycles. The van der Waals surface area contributed by atoms with Gasteiger partial charge in [0.1, 0.15) is 11.9 Å². The summed E-state index contributed by atoms with van der Waals surface area (Å²) in [4.78, 5) is 0. The van der Waals surface area contributed by atoms with Crippen molar-refractivity contribution in [3.8, 4) is 17.6 Å². The van der Waals surface area contributed by atoms with Gasteiger partial charge in [0.15, 0.2) is 0 Å². The van der Waals surface area contributed by atoms with Crippen molar-refractivity contribution in [3.05, 3.63) is 65.7 Å². The molecule has 3 aliphatic rings. The maximum Gasteiger partial charge on any atom is 0.134 e. The van der Waals surface area contributed by atoms with Gasteiger partial charge in [-0.05, 0) is 42.4 Å². The van der Waals surface area contributed by atoms with E-state index in [4.69, 9.17) is 4.74 Å². The van der Waals surface area contributed by atoms with Gasteiger partial charge >= 0.3 is 0 Å². The van der Waals surface area contributed by atoms with E-state index in [-0.39, 0.29) is 5.41 Å². The van der Waals surface area contributed by atoms with Crippen LogP contribution in [0.15, 0.2) is 54.6 Å². The summed E-state index contributed by atoms with van der Waals surface area (Å²) in [6, 6.07) is 18.3. The number of rotatable bonds is 3. The minimum atomic E-state index is -0.557. The van der Waals surface area contributed by atoms with E-state index in [1.165, 1.54) is 5.56 Å². The number of para-hydroxylation sites is 1. The molecule has 0 amide bonds. The molecule has 2 bridgehead atoms. The molecule has 1 atom stereocenters. The highest BCUT2D eigenvalue weighted by Gasteiger charge is 2.70. The highest BCUT2D eigenvalue weighted by atomic mass is 16.5. The van der Waals surface area contributed by atoms with Crippen LogP contribution in [0.4, 0.5) is 0 Å². The third kappa shape index (κ3) is 2.16. The van der Waals surface area contributed by atoms with Gasteiger partial charge in [0, 0.05) is 5.41 Å². The highest BCUT2D eigenvalue weighted by molar-refractivity contribution is 5.47. The normalized spacial score (nSPS) is 28.6. The molecule has 0 spiro atoms. The number of aliphatic hydroxyl groups is 1. The molecule has 3 fully saturated rings. The van der Waals surface area contributed by atoms with Gasteiger partial charge in [0.25, 0.3) is 0 Å². The summed E-state index contributed by atoms with van der Waals surface area (Å²) in [6.45, 7) is 0. The lowest BCUT2D eigenvalue weighted by Crippen LogP contribution is -2.68. The zero-order valence-corrected chi connectivity index (χ0v) is 13.3. The molecular formula is C21H20O2. The lowest BCUT2D eigenvalue weighted by Gasteiger charge is -2.72. The molecule has 0 unspecified atom stereocenters. The first kappa shape index (κ1) is 14.4. The first-order valence-corrected chi connectivity index (χ1v) is 8.06. The Bertz CT molecular complexity index is 762. The van der Waals surface area contributed by atoms with E-state index in [0.717, 1.165) is 30.6 Å². The zero-order chi connectivity index (χ0) is 15.9. The van der Waals surface area contributed by atoms with E-state index in [1.54, 1.807) is 7.11 Å². The van der Waals surface area contributed by atoms with Gasteiger partial charge in [0.05, 0.1) is 12.7 Å². The van der Waals surface area contributed by atoms with Crippen LogP contribution < -0.4 is 4.74 Å². The minimum Gasteiger partial charge on any atom is -0.495 e. The first-order valence-electron chi connectivity index (χ1n) is 8.06. The lowest BCUT2D eigenvalue weighted by atomic mass is 9.32. The number of methoxy groups -OCH3 is 1. The molecule has 2 aromatic rings. The van der Waals surface area contributed by atoms with E-state index in [2.05, 4.69) is 42.2 Å². The van der Waals surface area contributed by atoms with Crippen molar-refractivity contribution in [1.82, 2.24) is 0 Å². The van der Waals surface area contributed by atoms with Gasteiger partial charge in [-0.25, -0.2) is 0 Å². The Balaban J connectivity index is 1.47. The highest BCUT2D eigenvalue weighted by Crippen LogP contribution is 2.74. The van der Waals surface area contributed by atoms with Gasteiger partial charge in [0.2, 0.25) is 0 Å². The van der Waals surface area contributed by atoms with E-state index in [1.807, 2.05) is 24.3 Å².